The van der Waals surface area contributed by atoms with Crippen molar-refractivity contribution in [3.05, 3.63) is 152 Å². The van der Waals surface area contributed by atoms with Gasteiger partial charge in [-0.25, -0.2) is 0 Å². The van der Waals surface area contributed by atoms with Crippen molar-refractivity contribution >= 4 is 23.5 Å². The number of carbonyl (C=O) groups excluding carboxylic acids is 4. The van der Waals surface area contributed by atoms with Crippen molar-refractivity contribution < 1.29 is 37.6 Å². The zero-order chi connectivity index (χ0) is 47.7. The Morgan fingerprint density at radius 3 is 1.29 bits per heavy atom. The number of piperidine rings is 6. The van der Waals surface area contributed by atoms with E-state index in [0.717, 1.165) is 153 Å². The van der Waals surface area contributed by atoms with Crippen LogP contribution >= 0.6 is 0 Å². The normalized spacial score (nSPS) is 26.7. The van der Waals surface area contributed by atoms with Crippen LogP contribution in [0, 0.1) is 33.6 Å². The van der Waals surface area contributed by atoms with E-state index in [2.05, 4.69) is 29.2 Å². The van der Waals surface area contributed by atoms with Gasteiger partial charge in [0.05, 0.1) is 37.0 Å². The Kier molecular flexibility index (Phi) is 19.8. The maximum Gasteiger partial charge on any atom is 0.317 e. The van der Waals surface area contributed by atoms with Gasteiger partial charge >= 0.3 is 11.9 Å². The summed E-state index contributed by atoms with van der Waals surface area (Å²) in [6.07, 6.45) is 19.3. The largest absolute Gasteiger partial charge is 0.455 e. The van der Waals surface area contributed by atoms with Crippen LogP contribution in [0.3, 0.4) is 0 Å². The lowest BCUT2D eigenvalue weighted by Gasteiger charge is -2.52. The number of esters is 2. The third kappa shape index (κ3) is 13.0. The van der Waals surface area contributed by atoms with E-state index in [-0.39, 0.29) is 52.2 Å². The van der Waals surface area contributed by atoms with Gasteiger partial charge in [0.25, 0.3) is 0 Å². The van der Waals surface area contributed by atoms with Crippen LogP contribution < -0.4 is 0 Å². The molecular weight excluding hydrogens is 895 g/mol. The number of aromatic nitrogens is 1. The monoisotopic (exact) mass is 982 g/mol. The van der Waals surface area contributed by atoms with Crippen molar-refractivity contribution in [2.45, 2.75) is 153 Å². The smallest absolute Gasteiger partial charge is 0.317 e. The summed E-state index contributed by atoms with van der Waals surface area (Å²) in [5.41, 5.74) is 4.25. The van der Waals surface area contributed by atoms with E-state index in [4.69, 9.17) is 9.47 Å². The summed E-state index contributed by atoms with van der Waals surface area (Å²) in [6.45, 7) is 8.72. The average molecular weight is 982 g/mol. The average Bonchev–Trinajstić information content (AvgIpc) is 3.79. The fraction of sp³-hybridized carbons (Fsp3) is 0.540. The zero-order valence-corrected chi connectivity index (χ0v) is 43.4. The van der Waals surface area contributed by atoms with Gasteiger partial charge in [-0.1, -0.05) is 150 Å². The molecule has 7 heterocycles. The third-order valence-electron chi connectivity index (χ3n) is 17.6. The third-order valence-corrected chi connectivity index (χ3v) is 17.6. The zero-order valence-electron chi connectivity index (χ0n) is 43.4. The molecule has 6 aliphatic heterocycles. The maximum atomic E-state index is 13.9. The first-order chi connectivity index (χ1) is 33.6. The topological polar surface area (TPSA) is 99.6 Å². The molecule has 0 amide bonds. The summed E-state index contributed by atoms with van der Waals surface area (Å²) in [6, 6.07) is 34.6. The SMILES string of the molecule is C.Cc1cc(CC(=O)C[N+]23CCC(CC2)[C@@H](OC(=O)C2(c4ccccc4)CCCCCC2)C3)ccn1.O=C(Cc1ccccc1)C[N+]12CCC(CC1)[C@@H](OC(=O)C1(c3ccccc3)CCCCCC1)C2.[CH3-].[CH3-]. The summed E-state index contributed by atoms with van der Waals surface area (Å²) in [5, 5.41) is 0. The summed E-state index contributed by atoms with van der Waals surface area (Å²) < 4.78 is 14.4. The van der Waals surface area contributed by atoms with Crippen LogP contribution in [0.4, 0.5) is 0 Å². The van der Waals surface area contributed by atoms with E-state index in [0.29, 0.717) is 43.6 Å². The quantitative estimate of drug-likeness (QED) is 0.0537. The lowest BCUT2D eigenvalue weighted by atomic mass is 9.74. The predicted molar refractivity (Wildman–Crippen MR) is 289 cm³/mol. The van der Waals surface area contributed by atoms with Crippen molar-refractivity contribution in [1.29, 1.82) is 0 Å². The molecule has 2 aliphatic carbocycles. The van der Waals surface area contributed by atoms with Gasteiger partial charge in [0.2, 0.25) is 0 Å². The van der Waals surface area contributed by atoms with Crippen LogP contribution in [-0.2, 0) is 52.3 Å². The number of pyridine rings is 1. The second-order valence-corrected chi connectivity index (χ2v) is 22.3. The highest BCUT2D eigenvalue weighted by atomic mass is 16.6. The van der Waals surface area contributed by atoms with E-state index in [9.17, 15) is 19.2 Å². The fourth-order valence-electron chi connectivity index (χ4n) is 13.7. The van der Waals surface area contributed by atoms with Gasteiger partial charge in [-0.15, -0.1) is 0 Å². The molecule has 4 aromatic rings. The van der Waals surface area contributed by atoms with E-state index >= 15 is 0 Å². The minimum atomic E-state index is -0.524. The van der Waals surface area contributed by atoms with Gasteiger partial charge in [0.15, 0.2) is 23.8 Å². The second-order valence-electron chi connectivity index (χ2n) is 22.3. The van der Waals surface area contributed by atoms with Gasteiger partial charge in [0, 0.05) is 62.3 Å². The number of fused-ring (bicyclic) bond motifs is 6. The van der Waals surface area contributed by atoms with E-state index in [1.165, 1.54) is 25.7 Å². The number of ketones is 2. The molecule has 2 saturated carbocycles. The number of Topliss-reactive ketones (excluding diaryl/α,β-unsaturated/α-hetero) is 2. The Hall–Kier alpha value is -4.99. The fourth-order valence-corrected chi connectivity index (χ4v) is 13.7. The summed E-state index contributed by atoms with van der Waals surface area (Å²) in [5.74, 6) is 1.38. The van der Waals surface area contributed by atoms with E-state index < -0.39 is 10.8 Å². The number of ether oxygens (including phenoxy) is 2. The minimum Gasteiger partial charge on any atom is -0.455 e. The molecule has 72 heavy (non-hydrogen) atoms. The molecule has 1 aromatic heterocycles. The number of hydrogen-bond donors (Lipinski definition) is 0. The Balaban J connectivity index is 0.000000226. The van der Waals surface area contributed by atoms with Gasteiger partial charge < -0.3 is 33.3 Å². The number of hydrogen-bond acceptors (Lipinski definition) is 7. The molecule has 0 N–H and O–H groups in total. The van der Waals surface area contributed by atoms with Crippen molar-refractivity contribution in [2.75, 3.05) is 52.4 Å². The van der Waals surface area contributed by atoms with Crippen LogP contribution in [0.5, 0.6) is 0 Å². The van der Waals surface area contributed by atoms with E-state index in [1.807, 2.05) is 85.8 Å². The molecule has 12 rings (SSSR count). The van der Waals surface area contributed by atoms with Crippen LogP contribution in [0.25, 0.3) is 0 Å². The standard InChI is InChI=1S/C30H39N2O3.C30H38NO3.CH4.2CH3/c1-23-19-24(11-16-31-23)20-27(33)21-32-17-12-25(13-18-32)28(22-32)35-29(34)30(14-7-2-3-8-15-30)26-9-5-4-6-10-26;32-27(21-24-11-5-3-6-12-24)22-31-19-15-25(16-20-31)28(23-31)34-29(33)30(17-9-1-2-10-18-30)26-13-7-4-8-14-26;;;/h4-6,9-11,16,19,25,28H,2-3,7-8,12-15,17-18,20-22H2,1H3;3-8,11-14,25,28H,1-2,9-10,15-23H2;1H4;2*1H3/q2*+1;;2*-1/t25?,28-,32?;25?,28-,31?;;;/m00.../s1. The van der Waals surface area contributed by atoms with Crippen LogP contribution in [0.2, 0.25) is 0 Å². The summed E-state index contributed by atoms with van der Waals surface area (Å²) in [7, 11) is 0. The molecule has 0 unspecified atom stereocenters. The number of nitrogens with zero attached hydrogens (tertiary/aromatic N) is 3. The Morgan fingerprint density at radius 2 is 0.903 bits per heavy atom. The van der Waals surface area contributed by atoms with Gasteiger partial charge in [-0.05, 0) is 67.0 Å². The number of benzene rings is 3. The van der Waals surface area contributed by atoms with Crippen molar-refractivity contribution in [1.82, 2.24) is 4.98 Å². The van der Waals surface area contributed by atoms with Gasteiger partial charge in [-0.2, -0.15) is 0 Å². The predicted octanol–water partition coefficient (Wildman–Crippen LogP) is 11.7. The molecule has 2 atom stereocenters. The first kappa shape index (κ1) is 56.3. The minimum absolute atomic E-state index is 0. The summed E-state index contributed by atoms with van der Waals surface area (Å²) >= 11 is 0. The first-order valence-electron chi connectivity index (χ1n) is 26.8. The number of rotatable bonds is 14. The molecule has 0 radical (unpaired) electrons. The number of quaternary nitrogens is 2. The number of carbonyl (C=O) groups is 4. The molecule has 390 valence electrons. The molecule has 0 spiro atoms. The molecule has 8 aliphatic rings. The Bertz CT molecular complexity index is 2340. The number of aryl methyl sites for hydroxylation is 1. The highest BCUT2D eigenvalue weighted by Crippen LogP contribution is 2.44. The Labute approximate surface area is 433 Å². The lowest BCUT2D eigenvalue weighted by Crippen LogP contribution is -2.66. The van der Waals surface area contributed by atoms with Gasteiger partial charge in [0.1, 0.15) is 26.2 Å². The van der Waals surface area contributed by atoms with Crippen molar-refractivity contribution in [3.63, 3.8) is 0 Å². The maximum absolute atomic E-state index is 13.9. The van der Waals surface area contributed by atoms with Crippen LogP contribution in [-0.4, -0.2) is 102 Å². The lowest BCUT2D eigenvalue weighted by molar-refractivity contribution is -0.939. The molecular formula is C63H87N3O6. The Morgan fingerprint density at radius 1 is 0.528 bits per heavy atom. The van der Waals surface area contributed by atoms with Crippen molar-refractivity contribution in [3.8, 4) is 0 Å². The molecule has 4 bridgehead atoms. The molecule has 3 aromatic carbocycles. The van der Waals surface area contributed by atoms with E-state index in [1.54, 1.807) is 6.20 Å². The first-order valence-corrected chi connectivity index (χ1v) is 26.8. The van der Waals surface area contributed by atoms with Crippen LogP contribution in [0.1, 0.15) is 138 Å². The van der Waals surface area contributed by atoms with Gasteiger partial charge in [-0.3, -0.25) is 24.2 Å². The van der Waals surface area contributed by atoms with Crippen LogP contribution in [0.15, 0.2) is 109 Å². The highest BCUT2D eigenvalue weighted by Gasteiger charge is 2.53. The second kappa shape index (κ2) is 25.3. The molecule has 9 heteroatoms. The molecule has 6 saturated heterocycles. The molecule has 9 nitrogen and oxygen atoms in total. The molecule has 8 fully saturated rings. The summed E-state index contributed by atoms with van der Waals surface area (Å²) in [4.78, 5) is 58.1. The van der Waals surface area contributed by atoms with Crippen molar-refractivity contribution in [2.24, 2.45) is 11.8 Å². The highest BCUT2D eigenvalue weighted by molar-refractivity contribution is 5.85.